The maximum atomic E-state index is 13.1. The Morgan fingerprint density at radius 2 is 2.26 bits per heavy atom. The van der Waals surface area contributed by atoms with Crippen LogP contribution in [0.3, 0.4) is 0 Å². The predicted molar refractivity (Wildman–Crippen MR) is 72.8 cm³/mol. The van der Waals surface area contributed by atoms with Crippen molar-refractivity contribution in [2.75, 3.05) is 6.54 Å². The van der Waals surface area contributed by atoms with Gasteiger partial charge in [-0.25, -0.2) is 4.39 Å². The van der Waals surface area contributed by atoms with E-state index >= 15 is 0 Å². The number of nitriles is 1. The fraction of sp³-hybridized carbons (Fsp3) is 0.533. The molecule has 0 bridgehead atoms. The Morgan fingerprint density at radius 1 is 1.47 bits per heavy atom. The van der Waals surface area contributed by atoms with Crippen molar-refractivity contribution in [2.45, 2.75) is 44.8 Å². The largest absolute Gasteiger partial charge is 0.329 e. The molecular formula is C15H20FN3. The van der Waals surface area contributed by atoms with Gasteiger partial charge in [0.2, 0.25) is 0 Å². The number of hydrogen-bond donors (Lipinski definition) is 1. The van der Waals surface area contributed by atoms with Crippen molar-refractivity contribution in [3.63, 3.8) is 0 Å². The fourth-order valence-electron chi connectivity index (χ4n) is 2.87. The van der Waals surface area contributed by atoms with Crippen molar-refractivity contribution < 1.29 is 4.39 Å². The molecule has 1 fully saturated rings. The Hall–Kier alpha value is -1.44. The second kappa shape index (κ2) is 6.14. The molecule has 1 aliphatic rings. The van der Waals surface area contributed by atoms with Crippen LogP contribution >= 0.6 is 0 Å². The summed E-state index contributed by atoms with van der Waals surface area (Å²) < 4.78 is 13.1. The number of piperidine rings is 1. The molecule has 0 aliphatic carbocycles. The van der Waals surface area contributed by atoms with Crippen LogP contribution in [-0.2, 0) is 6.54 Å². The van der Waals surface area contributed by atoms with Gasteiger partial charge in [0.15, 0.2) is 0 Å². The number of halogens is 1. The van der Waals surface area contributed by atoms with E-state index in [1.165, 1.54) is 18.6 Å². The summed E-state index contributed by atoms with van der Waals surface area (Å²) >= 11 is 0. The Balaban J connectivity index is 2.21. The molecular weight excluding hydrogens is 241 g/mol. The Labute approximate surface area is 113 Å². The third-order valence-electron chi connectivity index (χ3n) is 4.01. The minimum atomic E-state index is -0.359. The summed E-state index contributed by atoms with van der Waals surface area (Å²) in [5.41, 5.74) is 7.15. The maximum absolute atomic E-state index is 13.1. The van der Waals surface area contributed by atoms with Crippen molar-refractivity contribution in [1.29, 1.82) is 5.26 Å². The van der Waals surface area contributed by atoms with Gasteiger partial charge in [-0.2, -0.15) is 5.26 Å². The van der Waals surface area contributed by atoms with Gasteiger partial charge in [-0.15, -0.1) is 0 Å². The molecule has 4 heteroatoms. The first-order chi connectivity index (χ1) is 9.15. The summed E-state index contributed by atoms with van der Waals surface area (Å²) in [6, 6.07) is 7.33. The molecule has 2 unspecified atom stereocenters. The zero-order chi connectivity index (χ0) is 13.8. The van der Waals surface area contributed by atoms with Gasteiger partial charge in [-0.3, -0.25) is 4.90 Å². The molecule has 0 radical (unpaired) electrons. The molecule has 3 nitrogen and oxygen atoms in total. The van der Waals surface area contributed by atoms with Gasteiger partial charge in [0, 0.05) is 25.2 Å². The standard InChI is InChI=1S/C15H20FN3/c1-11-3-2-4-15(9-18)19(11)10-12-5-6-14(16)7-13(12)8-17/h5-7,11,15H,2-4,9-10,18H2,1H3. The highest BCUT2D eigenvalue weighted by atomic mass is 19.1. The van der Waals surface area contributed by atoms with E-state index in [4.69, 9.17) is 11.0 Å². The van der Waals surface area contributed by atoms with Crippen LogP contribution in [0.1, 0.15) is 37.3 Å². The average molecular weight is 261 g/mol. The first kappa shape index (κ1) is 14.0. The number of benzene rings is 1. The number of rotatable bonds is 3. The molecule has 0 aromatic heterocycles. The number of likely N-dealkylation sites (tertiary alicyclic amines) is 1. The van der Waals surface area contributed by atoms with Crippen LogP contribution in [0.25, 0.3) is 0 Å². The van der Waals surface area contributed by atoms with Crippen molar-refractivity contribution in [2.24, 2.45) is 5.73 Å². The molecule has 1 saturated heterocycles. The monoisotopic (exact) mass is 261 g/mol. The van der Waals surface area contributed by atoms with Gasteiger partial charge < -0.3 is 5.73 Å². The summed E-state index contributed by atoms with van der Waals surface area (Å²) in [4.78, 5) is 2.34. The lowest BCUT2D eigenvalue weighted by Gasteiger charge is -2.40. The van der Waals surface area contributed by atoms with E-state index in [0.717, 1.165) is 18.4 Å². The molecule has 1 heterocycles. The van der Waals surface area contributed by atoms with Gasteiger partial charge in [0.1, 0.15) is 5.82 Å². The Kier molecular flexibility index (Phi) is 4.52. The fourth-order valence-corrected chi connectivity index (χ4v) is 2.87. The zero-order valence-electron chi connectivity index (χ0n) is 11.3. The first-order valence-corrected chi connectivity index (χ1v) is 6.80. The lowest BCUT2D eigenvalue weighted by atomic mass is 9.95. The van der Waals surface area contributed by atoms with E-state index in [9.17, 15) is 4.39 Å². The van der Waals surface area contributed by atoms with Crippen LogP contribution in [-0.4, -0.2) is 23.5 Å². The quantitative estimate of drug-likeness (QED) is 0.909. The van der Waals surface area contributed by atoms with Crippen molar-refractivity contribution in [3.05, 3.63) is 35.1 Å². The molecule has 2 rings (SSSR count). The Bertz CT molecular complexity index is 481. The molecule has 0 spiro atoms. The van der Waals surface area contributed by atoms with Crippen LogP contribution in [0.2, 0.25) is 0 Å². The molecule has 102 valence electrons. The van der Waals surface area contributed by atoms with Gasteiger partial charge in [0.25, 0.3) is 0 Å². The van der Waals surface area contributed by atoms with Crippen LogP contribution in [0.15, 0.2) is 18.2 Å². The molecule has 0 saturated carbocycles. The topological polar surface area (TPSA) is 53.0 Å². The van der Waals surface area contributed by atoms with Crippen LogP contribution < -0.4 is 5.73 Å². The highest BCUT2D eigenvalue weighted by Crippen LogP contribution is 2.25. The summed E-state index contributed by atoms with van der Waals surface area (Å²) in [6.45, 7) is 3.50. The smallest absolute Gasteiger partial charge is 0.124 e. The molecule has 1 aromatic carbocycles. The summed E-state index contributed by atoms with van der Waals surface area (Å²) in [6.07, 6.45) is 3.46. The molecule has 1 aliphatic heterocycles. The minimum absolute atomic E-state index is 0.359. The maximum Gasteiger partial charge on any atom is 0.124 e. The second-order valence-corrected chi connectivity index (χ2v) is 5.26. The predicted octanol–water partition coefficient (Wildman–Crippen LogP) is 2.40. The number of nitrogens with two attached hydrogens (primary N) is 1. The first-order valence-electron chi connectivity index (χ1n) is 6.80. The summed E-state index contributed by atoms with van der Waals surface area (Å²) in [5.74, 6) is -0.359. The van der Waals surface area contributed by atoms with Crippen molar-refractivity contribution in [3.8, 4) is 6.07 Å². The molecule has 1 aromatic rings. The van der Waals surface area contributed by atoms with E-state index in [1.807, 2.05) is 0 Å². The van der Waals surface area contributed by atoms with Gasteiger partial charge in [-0.1, -0.05) is 12.5 Å². The van der Waals surface area contributed by atoms with E-state index in [0.29, 0.717) is 30.7 Å². The van der Waals surface area contributed by atoms with Crippen molar-refractivity contribution >= 4 is 0 Å². The van der Waals surface area contributed by atoms with E-state index < -0.39 is 0 Å². The molecule has 0 amide bonds. The highest BCUT2D eigenvalue weighted by Gasteiger charge is 2.27. The normalized spacial score (nSPS) is 24.1. The van der Waals surface area contributed by atoms with Gasteiger partial charge in [0.05, 0.1) is 11.6 Å². The summed E-state index contributed by atoms with van der Waals surface area (Å²) in [5, 5.41) is 9.10. The van der Waals surface area contributed by atoms with Gasteiger partial charge in [-0.05, 0) is 37.5 Å². The lowest BCUT2D eigenvalue weighted by molar-refractivity contribution is 0.0891. The van der Waals surface area contributed by atoms with E-state index in [2.05, 4.69) is 17.9 Å². The highest BCUT2D eigenvalue weighted by molar-refractivity contribution is 5.38. The average Bonchev–Trinajstić information content (AvgIpc) is 2.42. The van der Waals surface area contributed by atoms with Crippen LogP contribution in [0, 0.1) is 17.1 Å². The van der Waals surface area contributed by atoms with E-state index in [-0.39, 0.29) is 5.82 Å². The SMILES string of the molecule is CC1CCCC(CN)N1Cc1ccc(F)cc1C#N. The van der Waals surface area contributed by atoms with Crippen LogP contribution in [0.5, 0.6) is 0 Å². The number of hydrogen-bond acceptors (Lipinski definition) is 3. The third-order valence-corrected chi connectivity index (χ3v) is 4.01. The molecule has 19 heavy (non-hydrogen) atoms. The second-order valence-electron chi connectivity index (χ2n) is 5.26. The minimum Gasteiger partial charge on any atom is -0.329 e. The molecule has 2 N–H and O–H groups in total. The summed E-state index contributed by atoms with van der Waals surface area (Å²) in [7, 11) is 0. The third kappa shape index (κ3) is 3.12. The Morgan fingerprint density at radius 3 is 2.95 bits per heavy atom. The lowest BCUT2D eigenvalue weighted by Crippen LogP contribution is -2.48. The molecule has 2 atom stereocenters. The van der Waals surface area contributed by atoms with Crippen molar-refractivity contribution in [1.82, 2.24) is 4.90 Å². The van der Waals surface area contributed by atoms with Gasteiger partial charge >= 0.3 is 0 Å². The number of nitrogens with zero attached hydrogens (tertiary/aromatic N) is 2. The zero-order valence-corrected chi connectivity index (χ0v) is 11.3. The van der Waals surface area contributed by atoms with E-state index in [1.54, 1.807) is 6.07 Å². The van der Waals surface area contributed by atoms with Crippen LogP contribution in [0.4, 0.5) is 4.39 Å².